The number of nitrogens with one attached hydrogen (secondary N) is 1. The standard InChI is InChI=1S/C24H29N5OS/c1-18(2)20-10-8-19(9-11-20)16-28-12-14-29(15-13-28)17-22-26-27-24(31-22)23(30)25-21-6-4-3-5-7-21/h3-11,18H,12-17H2,1-2H3,(H,25,30). The summed E-state index contributed by atoms with van der Waals surface area (Å²) in [5, 5.41) is 12.5. The number of para-hydroxylation sites is 1. The van der Waals surface area contributed by atoms with Gasteiger partial charge in [-0.3, -0.25) is 14.6 Å². The highest BCUT2D eigenvalue weighted by molar-refractivity contribution is 7.13. The lowest BCUT2D eigenvalue weighted by molar-refractivity contribution is 0.102. The Morgan fingerprint density at radius 3 is 2.23 bits per heavy atom. The molecule has 1 saturated heterocycles. The SMILES string of the molecule is CC(C)c1ccc(CN2CCN(Cc3nnc(C(=O)Nc4ccccc4)s3)CC2)cc1. The van der Waals surface area contributed by atoms with Gasteiger partial charge < -0.3 is 5.32 Å². The van der Waals surface area contributed by atoms with Crippen LogP contribution in [-0.2, 0) is 13.1 Å². The van der Waals surface area contributed by atoms with Crippen LogP contribution in [0.4, 0.5) is 5.69 Å². The highest BCUT2D eigenvalue weighted by Crippen LogP contribution is 2.18. The molecular formula is C24H29N5OS. The Bertz CT molecular complexity index is 979. The van der Waals surface area contributed by atoms with Crippen molar-refractivity contribution in [3.8, 4) is 0 Å². The van der Waals surface area contributed by atoms with Gasteiger partial charge in [-0.1, -0.05) is 67.6 Å². The van der Waals surface area contributed by atoms with Crippen LogP contribution in [0.1, 0.15) is 45.7 Å². The summed E-state index contributed by atoms with van der Waals surface area (Å²) in [5.41, 5.74) is 3.53. The lowest BCUT2D eigenvalue weighted by Crippen LogP contribution is -2.45. The number of nitrogens with zero attached hydrogens (tertiary/aromatic N) is 4. The van der Waals surface area contributed by atoms with Gasteiger partial charge in [0.2, 0.25) is 5.01 Å². The van der Waals surface area contributed by atoms with Crippen LogP contribution >= 0.6 is 11.3 Å². The monoisotopic (exact) mass is 435 g/mol. The molecule has 0 atom stereocenters. The first-order valence-electron chi connectivity index (χ1n) is 10.8. The number of hydrogen-bond donors (Lipinski definition) is 1. The quantitative estimate of drug-likeness (QED) is 0.602. The fourth-order valence-electron chi connectivity index (χ4n) is 3.68. The van der Waals surface area contributed by atoms with E-state index in [0.717, 1.165) is 50.0 Å². The Morgan fingerprint density at radius 1 is 0.935 bits per heavy atom. The molecule has 2 aromatic carbocycles. The van der Waals surface area contributed by atoms with Crippen molar-refractivity contribution in [2.24, 2.45) is 0 Å². The number of benzene rings is 2. The van der Waals surface area contributed by atoms with Gasteiger partial charge in [0.05, 0.1) is 6.54 Å². The minimum atomic E-state index is -0.205. The molecule has 0 spiro atoms. The predicted octanol–water partition coefficient (Wildman–Crippen LogP) is 4.23. The molecular weight excluding hydrogens is 406 g/mol. The number of anilines is 1. The van der Waals surface area contributed by atoms with Gasteiger partial charge in [-0.15, -0.1) is 10.2 Å². The number of carbonyl (C=O) groups is 1. The molecule has 31 heavy (non-hydrogen) atoms. The zero-order valence-electron chi connectivity index (χ0n) is 18.1. The van der Waals surface area contributed by atoms with Gasteiger partial charge >= 0.3 is 0 Å². The lowest BCUT2D eigenvalue weighted by Gasteiger charge is -2.34. The zero-order valence-corrected chi connectivity index (χ0v) is 18.9. The number of rotatable bonds is 7. The molecule has 7 heteroatoms. The molecule has 2 heterocycles. The van der Waals surface area contributed by atoms with E-state index < -0.39 is 0 Å². The molecule has 162 valence electrons. The van der Waals surface area contributed by atoms with Crippen LogP contribution in [0, 0.1) is 0 Å². The van der Waals surface area contributed by atoms with Crippen LogP contribution in [0.3, 0.4) is 0 Å². The predicted molar refractivity (Wildman–Crippen MR) is 125 cm³/mol. The van der Waals surface area contributed by atoms with E-state index >= 15 is 0 Å². The first-order valence-corrected chi connectivity index (χ1v) is 11.6. The first-order chi connectivity index (χ1) is 15.1. The largest absolute Gasteiger partial charge is 0.320 e. The molecule has 0 radical (unpaired) electrons. The average molecular weight is 436 g/mol. The summed E-state index contributed by atoms with van der Waals surface area (Å²) in [5.74, 6) is 0.367. The summed E-state index contributed by atoms with van der Waals surface area (Å²) in [4.78, 5) is 17.3. The van der Waals surface area contributed by atoms with Gasteiger partial charge in [0.25, 0.3) is 5.91 Å². The van der Waals surface area contributed by atoms with E-state index in [-0.39, 0.29) is 5.91 Å². The first kappa shape index (κ1) is 21.6. The highest BCUT2D eigenvalue weighted by Gasteiger charge is 2.20. The van der Waals surface area contributed by atoms with Crippen molar-refractivity contribution in [2.75, 3.05) is 31.5 Å². The van der Waals surface area contributed by atoms with Crippen LogP contribution in [-0.4, -0.2) is 52.1 Å². The molecule has 3 aromatic rings. The molecule has 0 aliphatic carbocycles. The van der Waals surface area contributed by atoms with Crippen molar-refractivity contribution in [1.29, 1.82) is 0 Å². The van der Waals surface area contributed by atoms with Gasteiger partial charge in [0.1, 0.15) is 5.01 Å². The van der Waals surface area contributed by atoms with Crippen molar-refractivity contribution >= 4 is 22.9 Å². The Labute approximate surface area is 187 Å². The van der Waals surface area contributed by atoms with Gasteiger partial charge in [-0.25, -0.2) is 0 Å². The number of piperazine rings is 1. The van der Waals surface area contributed by atoms with Crippen LogP contribution in [0.15, 0.2) is 54.6 Å². The molecule has 6 nitrogen and oxygen atoms in total. The maximum atomic E-state index is 12.4. The summed E-state index contributed by atoms with van der Waals surface area (Å²) in [6, 6.07) is 18.4. The number of carbonyl (C=O) groups excluding carboxylic acids is 1. The third-order valence-electron chi connectivity index (χ3n) is 5.57. The smallest absolute Gasteiger partial charge is 0.286 e. The molecule has 1 fully saturated rings. The van der Waals surface area contributed by atoms with Gasteiger partial charge in [0.15, 0.2) is 0 Å². The molecule has 1 aromatic heterocycles. The number of amides is 1. The van der Waals surface area contributed by atoms with E-state index in [2.05, 4.69) is 63.4 Å². The summed E-state index contributed by atoms with van der Waals surface area (Å²) >= 11 is 1.37. The Kier molecular flexibility index (Phi) is 7.06. The molecule has 1 amide bonds. The molecule has 4 rings (SSSR count). The van der Waals surface area contributed by atoms with Crippen LogP contribution < -0.4 is 5.32 Å². The van der Waals surface area contributed by atoms with Crippen molar-refractivity contribution < 1.29 is 4.79 Å². The molecule has 0 bridgehead atoms. The van der Waals surface area contributed by atoms with Crippen molar-refractivity contribution in [2.45, 2.75) is 32.9 Å². The minimum Gasteiger partial charge on any atom is -0.320 e. The Balaban J connectivity index is 1.24. The van der Waals surface area contributed by atoms with Crippen LogP contribution in [0.2, 0.25) is 0 Å². The summed E-state index contributed by atoms with van der Waals surface area (Å²) in [6.45, 7) is 10.3. The summed E-state index contributed by atoms with van der Waals surface area (Å²) < 4.78 is 0. The normalized spacial score (nSPS) is 15.3. The van der Waals surface area contributed by atoms with Crippen molar-refractivity contribution in [3.05, 3.63) is 75.7 Å². The Hall–Kier alpha value is -2.61. The second-order valence-corrected chi connectivity index (χ2v) is 9.33. The molecule has 1 aliphatic heterocycles. The molecule has 0 unspecified atom stereocenters. The maximum Gasteiger partial charge on any atom is 0.286 e. The minimum absolute atomic E-state index is 0.205. The number of aromatic nitrogens is 2. The number of hydrogen-bond acceptors (Lipinski definition) is 6. The Morgan fingerprint density at radius 2 is 1.58 bits per heavy atom. The van der Waals surface area contributed by atoms with E-state index in [1.807, 2.05) is 30.3 Å². The third kappa shape index (κ3) is 5.97. The van der Waals surface area contributed by atoms with Crippen molar-refractivity contribution in [1.82, 2.24) is 20.0 Å². The third-order valence-corrected chi connectivity index (χ3v) is 6.48. The zero-order chi connectivity index (χ0) is 21.6. The highest BCUT2D eigenvalue weighted by atomic mass is 32.1. The molecule has 1 N–H and O–H groups in total. The second kappa shape index (κ2) is 10.1. The van der Waals surface area contributed by atoms with Gasteiger partial charge in [-0.05, 0) is 29.2 Å². The summed E-state index contributed by atoms with van der Waals surface area (Å²) in [6.07, 6.45) is 0. The van der Waals surface area contributed by atoms with Crippen LogP contribution in [0.5, 0.6) is 0 Å². The average Bonchev–Trinajstić information content (AvgIpc) is 3.25. The fraction of sp³-hybridized carbons (Fsp3) is 0.375. The van der Waals surface area contributed by atoms with E-state index in [9.17, 15) is 4.79 Å². The second-order valence-electron chi connectivity index (χ2n) is 8.27. The molecule has 1 aliphatic rings. The van der Waals surface area contributed by atoms with E-state index in [4.69, 9.17) is 0 Å². The van der Waals surface area contributed by atoms with Gasteiger partial charge in [0, 0.05) is 38.4 Å². The summed E-state index contributed by atoms with van der Waals surface area (Å²) in [7, 11) is 0. The van der Waals surface area contributed by atoms with E-state index in [1.165, 1.54) is 22.5 Å². The maximum absolute atomic E-state index is 12.4. The van der Waals surface area contributed by atoms with Crippen LogP contribution in [0.25, 0.3) is 0 Å². The lowest BCUT2D eigenvalue weighted by atomic mass is 10.0. The van der Waals surface area contributed by atoms with Gasteiger partial charge in [-0.2, -0.15) is 0 Å². The molecule has 0 saturated carbocycles. The van der Waals surface area contributed by atoms with Crippen molar-refractivity contribution in [3.63, 3.8) is 0 Å². The van der Waals surface area contributed by atoms with E-state index in [1.54, 1.807) is 0 Å². The topological polar surface area (TPSA) is 61.4 Å². The van der Waals surface area contributed by atoms with E-state index in [0.29, 0.717) is 10.9 Å². The fourth-order valence-corrected chi connectivity index (χ4v) is 4.46.